The van der Waals surface area contributed by atoms with E-state index >= 15 is 0 Å². The summed E-state index contributed by atoms with van der Waals surface area (Å²) < 4.78 is 0. The van der Waals surface area contributed by atoms with Gasteiger partial charge in [0.15, 0.2) is 0 Å². The summed E-state index contributed by atoms with van der Waals surface area (Å²) in [7, 11) is 0. The highest BCUT2D eigenvalue weighted by molar-refractivity contribution is 5.83. The Hall–Kier alpha value is -1.84. The summed E-state index contributed by atoms with van der Waals surface area (Å²) in [5.41, 5.74) is 1.11. The van der Waals surface area contributed by atoms with E-state index in [2.05, 4.69) is 5.32 Å². The largest absolute Gasteiger partial charge is 0.480 e. The average molecular weight is 249 g/mol. The molecule has 0 heterocycles. The molecule has 0 spiro atoms. The van der Waals surface area contributed by atoms with Gasteiger partial charge in [0.1, 0.15) is 6.04 Å². The summed E-state index contributed by atoms with van der Waals surface area (Å²) in [5, 5.41) is 11.2. The van der Waals surface area contributed by atoms with Gasteiger partial charge in [0.25, 0.3) is 0 Å². The molecule has 0 saturated carbocycles. The van der Waals surface area contributed by atoms with Gasteiger partial charge in [0.2, 0.25) is 5.91 Å². The van der Waals surface area contributed by atoms with Crippen molar-refractivity contribution in [2.24, 2.45) is 0 Å². The molecule has 2 atom stereocenters. The Morgan fingerprint density at radius 3 is 2.39 bits per heavy atom. The van der Waals surface area contributed by atoms with Gasteiger partial charge in [-0.3, -0.25) is 9.59 Å². The Kier molecular flexibility index (Phi) is 5.36. The van der Waals surface area contributed by atoms with E-state index < -0.39 is 12.0 Å². The van der Waals surface area contributed by atoms with Gasteiger partial charge >= 0.3 is 5.97 Å². The van der Waals surface area contributed by atoms with Crippen LogP contribution < -0.4 is 5.32 Å². The minimum atomic E-state index is -1.02. The van der Waals surface area contributed by atoms with Crippen LogP contribution in [0.25, 0.3) is 0 Å². The molecule has 0 bridgehead atoms. The van der Waals surface area contributed by atoms with Crippen LogP contribution in [-0.4, -0.2) is 23.0 Å². The van der Waals surface area contributed by atoms with E-state index in [0.717, 1.165) is 12.0 Å². The Morgan fingerprint density at radius 2 is 1.89 bits per heavy atom. The summed E-state index contributed by atoms with van der Waals surface area (Å²) in [6, 6.07) is 8.95. The fraction of sp³-hybridized carbons (Fsp3) is 0.429. The number of aliphatic carboxylic acids is 1. The maximum absolute atomic E-state index is 11.7. The van der Waals surface area contributed by atoms with Crippen LogP contribution in [-0.2, 0) is 9.59 Å². The molecule has 18 heavy (non-hydrogen) atoms. The highest BCUT2D eigenvalue weighted by Crippen LogP contribution is 2.22. The number of rotatable bonds is 6. The van der Waals surface area contributed by atoms with Crippen LogP contribution in [0.4, 0.5) is 0 Å². The van der Waals surface area contributed by atoms with Gasteiger partial charge in [-0.25, -0.2) is 0 Å². The summed E-state index contributed by atoms with van der Waals surface area (Å²) >= 11 is 0. The van der Waals surface area contributed by atoms with E-state index in [4.69, 9.17) is 5.11 Å². The topological polar surface area (TPSA) is 66.4 Å². The zero-order valence-electron chi connectivity index (χ0n) is 10.7. The third-order valence-electron chi connectivity index (χ3n) is 2.94. The molecule has 4 nitrogen and oxygen atoms in total. The van der Waals surface area contributed by atoms with Crippen molar-refractivity contribution in [1.82, 2.24) is 5.32 Å². The van der Waals surface area contributed by atoms with Crippen molar-refractivity contribution in [3.05, 3.63) is 35.9 Å². The van der Waals surface area contributed by atoms with Crippen molar-refractivity contribution >= 4 is 11.9 Å². The number of nitrogens with one attached hydrogen (secondary N) is 1. The van der Waals surface area contributed by atoms with Crippen LogP contribution in [0.2, 0.25) is 0 Å². The summed E-state index contributed by atoms with van der Waals surface area (Å²) in [6.45, 7) is 3.48. The SMILES string of the molecule is CCC(CC(=O)N[C@@H](C)C(=O)O)c1ccccc1. The number of carboxylic acid groups (broad SMARTS) is 1. The molecule has 0 aliphatic carbocycles. The van der Waals surface area contributed by atoms with Gasteiger partial charge in [-0.15, -0.1) is 0 Å². The van der Waals surface area contributed by atoms with Crippen molar-refractivity contribution in [2.75, 3.05) is 0 Å². The van der Waals surface area contributed by atoms with Crippen molar-refractivity contribution < 1.29 is 14.7 Å². The molecule has 98 valence electrons. The van der Waals surface area contributed by atoms with E-state index in [9.17, 15) is 9.59 Å². The average Bonchev–Trinajstić information content (AvgIpc) is 2.36. The maximum atomic E-state index is 11.7. The quantitative estimate of drug-likeness (QED) is 0.812. The molecule has 1 aromatic rings. The first-order valence-electron chi connectivity index (χ1n) is 6.11. The number of carboxylic acids is 1. The molecule has 1 aromatic carbocycles. The second-order valence-electron chi connectivity index (χ2n) is 4.35. The van der Waals surface area contributed by atoms with Gasteiger partial charge in [0, 0.05) is 6.42 Å². The van der Waals surface area contributed by atoms with Crippen molar-refractivity contribution in [3.63, 3.8) is 0 Å². The monoisotopic (exact) mass is 249 g/mol. The predicted molar refractivity (Wildman–Crippen MR) is 69.3 cm³/mol. The van der Waals surface area contributed by atoms with Crippen LogP contribution in [0.3, 0.4) is 0 Å². The lowest BCUT2D eigenvalue weighted by Crippen LogP contribution is -2.38. The molecule has 0 aliphatic rings. The van der Waals surface area contributed by atoms with E-state index in [1.165, 1.54) is 6.92 Å². The van der Waals surface area contributed by atoms with Gasteiger partial charge in [-0.05, 0) is 24.8 Å². The first kappa shape index (κ1) is 14.2. The Bertz CT molecular complexity index is 403. The van der Waals surface area contributed by atoms with E-state index in [0.29, 0.717) is 6.42 Å². The molecule has 1 rings (SSSR count). The minimum Gasteiger partial charge on any atom is -0.480 e. The van der Waals surface area contributed by atoms with Gasteiger partial charge in [-0.2, -0.15) is 0 Å². The molecule has 2 N–H and O–H groups in total. The van der Waals surface area contributed by atoms with Crippen LogP contribution in [0.5, 0.6) is 0 Å². The Labute approximate surface area is 107 Å². The first-order chi connectivity index (χ1) is 8.54. The smallest absolute Gasteiger partial charge is 0.325 e. The number of carbonyl (C=O) groups excluding carboxylic acids is 1. The molecule has 0 aromatic heterocycles. The fourth-order valence-electron chi connectivity index (χ4n) is 1.81. The van der Waals surface area contributed by atoms with Crippen LogP contribution in [0.15, 0.2) is 30.3 Å². The van der Waals surface area contributed by atoms with Crippen LogP contribution in [0, 0.1) is 0 Å². The van der Waals surface area contributed by atoms with Gasteiger partial charge in [0.05, 0.1) is 0 Å². The molecular weight excluding hydrogens is 230 g/mol. The number of carbonyl (C=O) groups is 2. The second kappa shape index (κ2) is 6.79. The van der Waals surface area contributed by atoms with E-state index in [-0.39, 0.29) is 11.8 Å². The Morgan fingerprint density at radius 1 is 1.28 bits per heavy atom. The van der Waals surface area contributed by atoms with E-state index in [1.54, 1.807) is 0 Å². The molecule has 0 aliphatic heterocycles. The zero-order chi connectivity index (χ0) is 13.5. The molecular formula is C14H19NO3. The maximum Gasteiger partial charge on any atom is 0.325 e. The summed E-state index contributed by atoms with van der Waals surface area (Å²) in [4.78, 5) is 22.4. The van der Waals surface area contributed by atoms with Crippen LogP contribution in [0.1, 0.15) is 38.2 Å². The standard InChI is InChI=1S/C14H19NO3/c1-3-11(12-7-5-4-6-8-12)9-13(16)15-10(2)14(17)18/h4-8,10-11H,3,9H2,1-2H3,(H,15,16)(H,17,18)/t10-,11?/m0/s1. The van der Waals surface area contributed by atoms with Crippen molar-refractivity contribution in [1.29, 1.82) is 0 Å². The van der Waals surface area contributed by atoms with Crippen molar-refractivity contribution in [2.45, 2.75) is 38.6 Å². The lowest BCUT2D eigenvalue weighted by Gasteiger charge is -2.16. The molecule has 0 fully saturated rings. The van der Waals surface area contributed by atoms with Gasteiger partial charge in [-0.1, -0.05) is 37.3 Å². The predicted octanol–water partition coefficient (Wildman–Crippen LogP) is 2.16. The first-order valence-corrected chi connectivity index (χ1v) is 6.11. The number of hydrogen-bond acceptors (Lipinski definition) is 2. The minimum absolute atomic E-state index is 0.132. The molecule has 0 saturated heterocycles. The molecule has 0 radical (unpaired) electrons. The fourth-order valence-corrected chi connectivity index (χ4v) is 1.81. The number of benzene rings is 1. The molecule has 4 heteroatoms. The third-order valence-corrected chi connectivity index (χ3v) is 2.94. The summed E-state index contributed by atoms with van der Waals surface area (Å²) in [5.74, 6) is -1.11. The van der Waals surface area contributed by atoms with Gasteiger partial charge < -0.3 is 10.4 Å². The van der Waals surface area contributed by atoms with Crippen molar-refractivity contribution in [3.8, 4) is 0 Å². The normalized spacial score (nSPS) is 13.7. The van der Waals surface area contributed by atoms with E-state index in [1.807, 2.05) is 37.3 Å². The lowest BCUT2D eigenvalue weighted by molar-refractivity contribution is -0.141. The third kappa shape index (κ3) is 4.20. The highest BCUT2D eigenvalue weighted by Gasteiger charge is 2.18. The second-order valence-corrected chi connectivity index (χ2v) is 4.35. The molecule has 1 unspecified atom stereocenters. The highest BCUT2D eigenvalue weighted by atomic mass is 16.4. The zero-order valence-corrected chi connectivity index (χ0v) is 10.7. The number of hydrogen-bond donors (Lipinski definition) is 2. The Balaban J connectivity index is 2.59. The van der Waals surface area contributed by atoms with Crippen LogP contribution >= 0.6 is 0 Å². The molecule has 1 amide bonds. The lowest BCUT2D eigenvalue weighted by atomic mass is 9.93. The number of amides is 1. The summed E-state index contributed by atoms with van der Waals surface area (Å²) in [6.07, 6.45) is 1.16.